The normalized spacial score (nSPS) is 10.2. The van der Waals surface area contributed by atoms with Gasteiger partial charge in [-0.25, -0.2) is 0 Å². The third-order valence-electron chi connectivity index (χ3n) is 2.83. The van der Waals surface area contributed by atoms with Gasteiger partial charge in [0.05, 0.1) is 7.11 Å². The van der Waals surface area contributed by atoms with Crippen LogP contribution in [0.25, 0.3) is 11.1 Å². The zero-order valence-corrected chi connectivity index (χ0v) is 10.7. The lowest BCUT2D eigenvalue weighted by Gasteiger charge is -2.10. The third-order valence-corrected chi connectivity index (χ3v) is 2.83. The largest absolute Gasteiger partial charge is 0.496 e. The number of hydrogen-bond donors (Lipinski definition) is 0. The molecular formula is C15H15NO2. The summed E-state index contributed by atoms with van der Waals surface area (Å²) in [7, 11) is 1.62. The number of aryl methyl sites for hydroxylation is 1. The Labute approximate surface area is 106 Å². The van der Waals surface area contributed by atoms with E-state index >= 15 is 0 Å². The van der Waals surface area contributed by atoms with Crippen LogP contribution in [0, 0.1) is 6.92 Å². The Balaban J connectivity index is 2.56. The summed E-state index contributed by atoms with van der Waals surface area (Å²) in [4.78, 5) is 15.7. The second-order valence-corrected chi connectivity index (χ2v) is 4.16. The molecule has 0 aliphatic rings. The summed E-state index contributed by atoms with van der Waals surface area (Å²) >= 11 is 0. The van der Waals surface area contributed by atoms with Gasteiger partial charge in [0, 0.05) is 28.6 Å². The first-order chi connectivity index (χ1) is 8.61. The molecule has 0 N–H and O–H groups in total. The number of carbonyl (C=O) groups excluding carboxylic acids is 1. The lowest BCUT2D eigenvalue weighted by molar-refractivity contribution is 0.101. The van der Waals surface area contributed by atoms with E-state index in [1.54, 1.807) is 26.3 Å². The minimum absolute atomic E-state index is 0.0407. The first-order valence-electron chi connectivity index (χ1n) is 5.74. The topological polar surface area (TPSA) is 39.2 Å². The van der Waals surface area contributed by atoms with E-state index in [1.807, 2.05) is 31.2 Å². The maximum absolute atomic E-state index is 11.4. The first-order valence-corrected chi connectivity index (χ1v) is 5.74. The maximum atomic E-state index is 11.4. The number of hydrogen-bond acceptors (Lipinski definition) is 3. The summed E-state index contributed by atoms with van der Waals surface area (Å²) in [5, 5.41) is 0. The Morgan fingerprint density at radius 1 is 1.22 bits per heavy atom. The van der Waals surface area contributed by atoms with Crippen molar-refractivity contribution in [1.82, 2.24) is 4.98 Å². The van der Waals surface area contributed by atoms with Gasteiger partial charge < -0.3 is 4.74 Å². The number of aromatic nitrogens is 1. The van der Waals surface area contributed by atoms with Gasteiger partial charge in [0.25, 0.3) is 0 Å². The number of carbonyl (C=O) groups is 1. The van der Waals surface area contributed by atoms with Crippen molar-refractivity contribution in [2.75, 3.05) is 7.11 Å². The number of benzene rings is 1. The van der Waals surface area contributed by atoms with Gasteiger partial charge in [-0.2, -0.15) is 0 Å². The number of ether oxygens (including phenoxy) is 1. The molecule has 0 atom stereocenters. The van der Waals surface area contributed by atoms with Crippen molar-refractivity contribution in [3.63, 3.8) is 0 Å². The molecule has 2 rings (SSSR count). The van der Waals surface area contributed by atoms with Crippen LogP contribution in [0.4, 0.5) is 0 Å². The van der Waals surface area contributed by atoms with Crippen LogP contribution >= 0.6 is 0 Å². The van der Waals surface area contributed by atoms with Crippen LogP contribution in [0.5, 0.6) is 5.75 Å². The third kappa shape index (κ3) is 2.40. The van der Waals surface area contributed by atoms with E-state index in [0.29, 0.717) is 5.56 Å². The van der Waals surface area contributed by atoms with Crippen molar-refractivity contribution in [2.24, 2.45) is 0 Å². The van der Waals surface area contributed by atoms with Gasteiger partial charge in [0.15, 0.2) is 5.78 Å². The Bertz CT molecular complexity index is 574. The summed E-state index contributed by atoms with van der Waals surface area (Å²) in [6.07, 6.45) is 1.79. The van der Waals surface area contributed by atoms with E-state index in [0.717, 1.165) is 22.6 Å². The number of methoxy groups -OCH3 is 1. The fraction of sp³-hybridized carbons (Fsp3) is 0.200. The minimum Gasteiger partial charge on any atom is -0.496 e. The zero-order valence-electron chi connectivity index (χ0n) is 10.7. The van der Waals surface area contributed by atoms with Crippen LogP contribution in [0.2, 0.25) is 0 Å². The van der Waals surface area contributed by atoms with Crippen molar-refractivity contribution in [1.29, 1.82) is 0 Å². The van der Waals surface area contributed by atoms with Gasteiger partial charge in [0.2, 0.25) is 0 Å². The standard InChI is InChI=1S/C15H15NO2/c1-10-4-5-13(9-16-10)14-8-12(11(2)17)6-7-15(14)18-3/h4-9H,1-3H3. The highest BCUT2D eigenvalue weighted by Crippen LogP contribution is 2.30. The number of rotatable bonds is 3. The van der Waals surface area contributed by atoms with Gasteiger partial charge in [-0.15, -0.1) is 0 Å². The number of pyridine rings is 1. The van der Waals surface area contributed by atoms with Crippen molar-refractivity contribution < 1.29 is 9.53 Å². The molecule has 0 saturated heterocycles. The Morgan fingerprint density at radius 2 is 2.00 bits per heavy atom. The average Bonchev–Trinajstić information content (AvgIpc) is 2.39. The van der Waals surface area contributed by atoms with Crippen molar-refractivity contribution in [2.45, 2.75) is 13.8 Å². The average molecular weight is 241 g/mol. The van der Waals surface area contributed by atoms with Crippen LogP contribution in [0.1, 0.15) is 23.0 Å². The molecule has 0 spiro atoms. The summed E-state index contributed by atoms with van der Waals surface area (Å²) in [6, 6.07) is 9.34. The molecule has 1 heterocycles. The van der Waals surface area contributed by atoms with Crippen LogP contribution < -0.4 is 4.74 Å². The van der Waals surface area contributed by atoms with Crippen LogP contribution in [0.3, 0.4) is 0 Å². The molecule has 0 saturated carbocycles. The highest BCUT2D eigenvalue weighted by molar-refractivity contribution is 5.96. The minimum atomic E-state index is 0.0407. The van der Waals surface area contributed by atoms with Crippen LogP contribution in [-0.2, 0) is 0 Å². The van der Waals surface area contributed by atoms with E-state index in [2.05, 4.69) is 4.98 Å². The quantitative estimate of drug-likeness (QED) is 0.774. The summed E-state index contributed by atoms with van der Waals surface area (Å²) in [5.74, 6) is 0.782. The molecule has 3 nitrogen and oxygen atoms in total. The first kappa shape index (κ1) is 12.3. The Kier molecular flexibility index (Phi) is 3.42. The molecule has 0 radical (unpaired) electrons. The molecule has 0 aliphatic heterocycles. The highest BCUT2D eigenvalue weighted by atomic mass is 16.5. The SMILES string of the molecule is COc1ccc(C(C)=O)cc1-c1ccc(C)nc1. The van der Waals surface area contributed by atoms with Gasteiger partial charge in [-0.1, -0.05) is 6.07 Å². The fourth-order valence-electron chi connectivity index (χ4n) is 1.78. The monoisotopic (exact) mass is 241 g/mol. The second-order valence-electron chi connectivity index (χ2n) is 4.16. The van der Waals surface area contributed by atoms with E-state index in [9.17, 15) is 4.79 Å². The van der Waals surface area contributed by atoms with Crippen LogP contribution in [0.15, 0.2) is 36.5 Å². The molecule has 0 fully saturated rings. The maximum Gasteiger partial charge on any atom is 0.159 e. The molecule has 92 valence electrons. The summed E-state index contributed by atoms with van der Waals surface area (Å²) < 4.78 is 5.33. The molecule has 18 heavy (non-hydrogen) atoms. The summed E-state index contributed by atoms with van der Waals surface area (Å²) in [5.41, 5.74) is 3.46. The molecule has 2 aromatic rings. The lowest BCUT2D eigenvalue weighted by Crippen LogP contribution is -1.95. The fourth-order valence-corrected chi connectivity index (χ4v) is 1.78. The smallest absolute Gasteiger partial charge is 0.159 e. The van der Waals surface area contributed by atoms with Crippen LogP contribution in [-0.4, -0.2) is 17.9 Å². The number of Topliss-reactive ketones (excluding diaryl/α,β-unsaturated/α-hetero) is 1. The predicted octanol–water partition coefficient (Wildman–Crippen LogP) is 3.27. The van der Waals surface area contributed by atoms with Gasteiger partial charge in [-0.3, -0.25) is 9.78 Å². The van der Waals surface area contributed by atoms with Gasteiger partial charge in [-0.05, 0) is 38.1 Å². The molecular weight excluding hydrogens is 226 g/mol. The van der Waals surface area contributed by atoms with E-state index in [4.69, 9.17) is 4.74 Å². The van der Waals surface area contributed by atoms with Gasteiger partial charge >= 0.3 is 0 Å². The molecule has 1 aromatic carbocycles. The van der Waals surface area contributed by atoms with E-state index in [-0.39, 0.29) is 5.78 Å². The number of ketones is 1. The lowest BCUT2D eigenvalue weighted by atomic mass is 10.0. The second kappa shape index (κ2) is 5.00. The molecule has 0 aliphatic carbocycles. The number of nitrogens with zero attached hydrogens (tertiary/aromatic N) is 1. The van der Waals surface area contributed by atoms with Crippen molar-refractivity contribution >= 4 is 5.78 Å². The van der Waals surface area contributed by atoms with Crippen molar-refractivity contribution in [3.05, 3.63) is 47.8 Å². The predicted molar refractivity (Wildman–Crippen MR) is 71.0 cm³/mol. The highest BCUT2D eigenvalue weighted by Gasteiger charge is 2.09. The zero-order chi connectivity index (χ0) is 13.1. The summed E-state index contributed by atoms with van der Waals surface area (Å²) in [6.45, 7) is 3.49. The molecule has 0 unspecified atom stereocenters. The molecule has 1 aromatic heterocycles. The molecule has 3 heteroatoms. The molecule has 0 bridgehead atoms. The molecule has 0 amide bonds. The van der Waals surface area contributed by atoms with Crippen molar-refractivity contribution in [3.8, 4) is 16.9 Å². The Hall–Kier alpha value is -2.16. The van der Waals surface area contributed by atoms with Gasteiger partial charge in [0.1, 0.15) is 5.75 Å². The van der Waals surface area contributed by atoms with E-state index < -0.39 is 0 Å². The van der Waals surface area contributed by atoms with E-state index in [1.165, 1.54) is 0 Å². The Morgan fingerprint density at radius 3 is 2.56 bits per heavy atom.